The summed E-state index contributed by atoms with van der Waals surface area (Å²) < 4.78 is 20.6. The lowest BCUT2D eigenvalue weighted by molar-refractivity contribution is -0.168. The fourth-order valence-electron chi connectivity index (χ4n) is 4.60. The van der Waals surface area contributed by atoms with Crippen LogP contribution in [-0.2, 0) is 19.0 Å². The lowest BCUT2D eigenvalue weighted by Gasteiger charge is -2.19. The van der Waals surface area contributed by atoms with Crippen LogP contribution >= 0.6 is 0 Å². The van der Waals surface area contributed by atoms with Gasteiger partial charge in [0.1, 0.15) is 18.5 Å². The van der Waals surface area contributed by atoms with Gasteiger partial charge in [-0.15, -0.1) is 24.7 Å². The second kappa shape index (κ2) is 19.4. The average molecular weight is 583 g/mol. The van der Waals surface area contributed by atoms with Crippen molar-refractivity contribution >= 4 is 12.1 Å². The maximum Gasteiger partial charge on any atom is 0.511 e. The Labute approximate surface area is 248 Å². The predicted molar refractivity (Wildman–Crippen MR) is 157 cm³/mol. The molecular formula is C33H42O9. The number of aliphatic hydroxyl groups is 3. The number of esters is 1. The number of unbranched alkanes of at least 4 members (excludes halogenated alkanes) is 1. The number of carbonyl (C=O) groups is 2. The molecule has 0 bridgehead atoms. The van der Waals surface area contributed by atoms with E-state index < -0.39 is 36.7 Å². The number of aliphatic hydroxyl groups excluding tert-OH is 3. The Morgan fingerprint density at radius 1 is 1.05 bits per heavy atom. The third-order valence-electron chi connectivity index (χ3n) is 6.77. The number of allylic oxidation sites excluding steroid dienone is 2. The Hall–Kier alpha value is -3.76. The summed E-state index contributed by atoms with van der Waals surface area (Å²) >= 11 is 0. The van der Waals surface area contributed by atoms with E-state index in [0.29, 0.717) is 37.9 Å². The van der Waals surface area contributed by atoms with E-state index in [1.807, 2.05) is 30.4 Å². The van der Waals surface area contributed by atoms with Crippen molar-refractivity contribution in [1.29, 1.82) is 0 Å². The van der Waals surface area contributed by atoms with E-state index in [0.717, 1.165) is 0 Å². The molecule has 0 aromatic heterocycles. The number of para-hydroxylation sites is 1. The minimum atomic E-state index is -1.11. The highest BCUT2D eigenvalue weighted by Crippen LogP contribution is 2.36. The van der Waals surface area contributed by atoms with Crippen molar-refractivity contribution in [3.63, 3.8) is 0 Å². The molecule has 0 aliphatic heterocycles. The molecule has 1 aromatic rings. The largest absolute Gasteiger partial charge is 0.511 e. The van der Waals surface area contributed by atoms with E-state index in [-0.39, 0.29) is 43.8 Å². The van der Waals surface area contributed by atoms with Crippen molar-refractivity contribution in [2.75, 3.05) is 13.2 Å². The molecule has 9 nitrogen and oxygen atoms in total. The molecule has 1 aromatic carbocycles. The topological polar surface area (TPSA) is 132 Å². The molecule has 228 valence electrons. The normalized spacial score (nSPS) is 21.5. The monoisotopic (exact) mass is 582 g/mol. The second-order valence-corrected chi connectivity index (χ2v) is 10.2. The quantitative estimate of drug-likeness (QED) is 0.0814. The Kier molecular flexibility index (Phi) is 15.9. The molecule has 2 rings (SSSR count). The van der Waals surface area contributed by atoms with Crippen molar-refractivity contribution in [3.05, 3.63) is 54.6 Å². The molecule has 1 saturated carbocycles. The zero-order valence-electron chi connectivity index (χ0n) is 24.0. The molecule has 0 amide bonds. The van der Waals surface area contributed by atoms with Gasteiger partial charge in [0.15, 0.2) is 0 Å². The smallest absolute Gasteiger partial charge is 0.491 e. The molecule has 42 heavy (non-hydrogen) atoms. The first-order valence-corrected chi connectivity index (χ1v) is 14.2. The molecule has 9 heteroatoms. The van der Waals surface area contributed by atoms with Crippen LogP contribution in [0.15, 0.2) is 54.6 Å². The van der Waals surface area contributed by atoms with Gasteiger partial charge in [0.05, 0.1) is 18.8 Å². The van der Waals surface area contributed by atoms with Gasteiger partial charge < -0.3 is 34.3 Å². The van der Waals surface area contributed by atoms with Crippen LogP contribution in [-0.4, -0.2) is 65.3 Å². The Bertz CT molecular complexity index is 1070. The molecule has 0 heterocycles. The van der Waals surface area contributed by atoms with Crippen LogP contribution in [0.3, 0.4) is 0 Å². The first-order chi connectivity index (χ1) is 20.2. The van der Waals surface area contributed by atoms with E-state index in [1.165, 1.54) is 6.92 Å². The van der Waals surface area contributed by atoms with Crippen LogP contribution in [0, 0.1) is 42.4 Å². The average Bonchev–Trinajstić information content (AvgIpc) is 3.23. The van der Waals surface area contributed by atoms with Gasteiger partial charge in [0.25, 0.3) is 0 Å². The van der Waals surface area contributed by atoms with Gasteiger partial charge in [-0.25, -0.2) is 4.79 Å². The van der Waals surface area contributed by atoms with E-state index in [2.05, 4.69) is 11.8 Å². The standard InChI is InChI=1S/C33H42O9/c1-4-13-25(14-5-2)22-40-33(38)42-24(3)41-32(37)18-12-7-6-11-17-28-29(31(36)21-30(28)35)20-19-26(34)23-39-27-15-9-8-10-16-27/h1-2,6,8-11,15-16,19-20,24-26,28-31,34-36H,7,12-14,17-18,21-23H2,3H3/b11-6-,20-19+/t24?,26-,28-,29-,30+,31-/m1/s1. The van der Waals surface area contributed by atoms with Gasteiger partial charge in [-0.05, 0) is 37.3 Å². The van der Waals surface area contributed by atoms with Gasteiger partial charge in [-0.3, -0.25) is 4.79 Å². The first-order valence-electron chi connectivity index (χ1n) is 14.2. The van der Waals surface area contributed by atoms with Crippen molar-refractivity contribution in [1.82, 2.24) is 0 Å². The lowest BCUT2D eigenvalue weighted by Crippen LogP contribution is -2.23. The van der Waals surface area contributed by atoms with Crippen LogP contribution in [0.4, 0.5) is 4.79 Å². The molecule has 0 spiro atoms. The van der Waals surface area contributed by atoms with E-state index in [4.69, 9.17) is 31.8 Å². The molecule has 1 aliphatic carbocycles. The van der Waals surface area contributed by atoms with Crippen molar-refractivity contribution in [2.45, 2.75) is 76.5 Å². The molecular weight excluding hydrogens is 540 g/mol. The zero-order valence-corrected chi connectivity index (χ0v) is 24.0. The molecule has 6 atom stereocenters. The Balaban J connectivity index is 1.67. The number of ether oxygens (including phenoxy) is 4. The molecule has 1 fully saturated rings. The second-order valence-electron chi connectivity index (χ2n) is 10.2. The van der Waals surface area contributed by atoms with Crippen LogP contribution in [0.25, 0.3) is 0 Å². The van der Waals surface area contributed by atoms with E-state index in [9.17, 15) is 24.9 Å². The van der Waals surface area contributed by atoms with E-state index in [1.54, 1.807) is 24.3 Å². The Morgan fingerprint density at radius 3 is 2.45 bits per heavy atom. The fraction of sp³-hybridized carbons (Fsp3) is 0.515. The first kappa shape index (κ1) is 34.4. The van der Waals surface area contributed by atoms with Crippen molar-refractivity contribution in [2.24, 2.45) is 17.8 Å². The highest BCUT2D eigenvalue weighted by Gasteiger charge is 2.39. The fourth-order valence-corrected chi connectivity index (χ4v) is 4.60. The molecule has 0 saturated heterocycles. The Morgan fingerprint density at radius 2 is 1.76 bits per heavy atom. The minimum Gasteiger partial charge on any atom is -0.491 e. The summed E-state index contributed by atoms with van der Waals surface area (Å²) in [5.74, 6) is 4.41. The summed E-state index contributed by atoms with van der Waals surface area (Å²) in [7, 11) is 0. The van der Waals surface area contributed by atoms with E-state index >= 15 is 0 Å². The molecule has 0 radical (unpaired) electrons. The summed E-state index contributed by atoms with van der Waals surface area (Å²) in [6, 6.07) is 9.17. The van der Waals surface area contributed by atoms with Gasteiger partial charge in [0, 0.05) is 44.4 Å². The number of carbonyl (C=O) groups excluding carboxylic acids is 2. The lowest BCUT2D eigenvalue weighted by atomic mass is 9.89. The van der Waals surface area contributed by atoms with Gasteiger partial charge in [-0.2, -0.15) is 0 Å². The third kappa shape index (κ3) is 13.3. The third-order valence-corrected chi connectivity index (χ3v) is 6.77. The summed E-state index contributed by atoms with van der Waals surface area (Å²) in [5.41, 5.74) is 0. The predicted octanol–water partition coefficient (Wildman–Crippen LogP) is 4.16. The number of terminal acetylenes is 2. The summed E-state index contributed by atoms with van der Waals surface area (Å²) in [5, 5.41) is 31.1. The van der Waals surface area contributed by atoms with Crippen molar-refractivity contribution in [3.8, 4) is 30.4 Å². The summed E-state index contributed by atoms with van der Waals surface area (Å²) in [4.78, 5) is 23.9. The van der Waals surface area contributed by atoms with Crippen LogP contribution < -0.4 is 4.74 Å². The summed E-state index contributed by atoms with van der Waals surface area (Å²) in [6.07, 6.45) is 16.2. The van der Waals surface area contributed by atoms with Gasteiger partial charge in [-0.1, -0.05) is 42.5 Å². The highest BCUT2D eigenvalue weighted by atomic mass is 16.8. The molecule has 3 N–H and O–H groups in total. The number of benzene rings is 1. The number of hydrogen-bond donors (Lipinski definition) is 3. The SMILES string of the molecule is C#CCC(CC#C)COC(=O)OC(C)OC(=O)CCC/C=C\C[C@@H]1[C@@H](/C=C/[C@@H](O)COc2ccccc2)[C@H](O)C[C@@H]1O. The number of hydrogen-bond acceptors (Lipinski definition) is 9. The van der Waals surface area contributed by atoms with Gasteiger partial charge >= 0.3 is 12.1 Å². The van der Waals surface area contributed by atoms with Crippen LogP contribution in [0.2, 0.25) is 0 Å². The highest BCUT2D eigenvalue weighted by molar-refractivity contribution is 5.69. The number of rotatable bonds is 17. The summed E-state index contributed by atoms with van der Waals surface area (Å²) in [6.45, 7) is 1.51. The van der Waals surface area contributed by atoms with Crippen LogP contribution in [0.1, 0.15) is 51.9 Å². The van der Waals surface area contributed by atoms with Gasteiger partial charge in [0.2, 0.25) is 6.29 Å². The zero-order chi connectivity index (χ0) is 30.7. The molecule has 1 aliphatic rings. The minimum absolute atomic E-state index is 0.0137. The van der Waals surface area contributed by atoms with Crippen molar-refractivity contribution < 1.29 is 43.9 Å². The maximum atomic E-state index is 12.1. The molecule has 1 unspecified atom stereocenters. The maximum absolute atomic E-state index is 12.1. The van der Waals surface area contributed by atoms with Crippen LogP contribution in [0.5, 0.6) is 5.75 Å².